The van der Waals surface area contributed by atoms with Crippen molar-refractivity contribution in [3.8, 4) is 11.1 Å². The number of rotatable bonds is 6. The maximum atomic E-state index is 14.4. The molecule has 6 nitrogen and oxygen atoms in total. The summed E-state index contributed by atoms with van der Waals surface area (Å²) in [6, 6.07) is 12.8. The topological polar surface area (TPSA) is 86.5 Å². The summed E-state index contributed by atoms with van der Waals surface area (Å²) in [4.78, 5) is 16.7. The molecule has 0 saturated carbocycles. The summed E-state index contributed by atoms with van der Waals surface area (Å²) in [5.41, 5.74) is 7.50. The lowest BCUT2D eigenvalue weighted by molar-refractivity contribution is -0.106. The second-order valence-corrected chi connectivity index (χ2v) is 6.49. The SMILES string of the molecule is COC(OC)c1ccc(C(=O)Nc2cccc(-c3cccc(N)c3F)c2Cl)nc1. The first-order valence-electron chi connectivity index (χ1n) is 8.62. The van der Waals surface area contributed by atoms with Gasteiger partial charge in [-0.3, -0.25) is 9.78 Å². The summed E-state index contributed by atoms with van der Waals surface area (Å²) < 4.78 is 24.7. The van der Waals surface area contributed by atoms with Gasteiger partial charge in [-0.2, -0.15) is 0 Å². The molecule has 0 fully saturated rings. The van der Waals surface area contributed by atoms with Crippen molar-refractivity contribution in [3.05, 3.63) is 76.8 Å². The highest BCUT2D eigenvalue weighted by Crippen LogP contribution is 2.36. The quantitative estimate of drug-likeness (QED) is 0.451. The Morgan fingerprint density at radius 1 is 1.10 bits per heavy atom. The Bertz CT molecular complexity index is 1020. The van der Waals surface area contributed by atoms with Crippen LogP contribution in [0.25, 0.3) is 11.1 Å². The van der Waals surface area contributed by atoms with Gasteiger partial charge in [0, 0.05) is 37.1 Å². The van der Waals surface area contributed by atoms with Crippen molar-refractivity contribution in [2.75, 3.05) is 25.3 Å². The summed E-state index contributed by atoms with van der Waals surface area (Å²) >= 11 is 6.43. The van der Waals surface area contributed by atoms with E-state index in [0.717, 1.165) is 0 Å². The van der Waals surface area contributed by atoms with E-state index in [0.29, 0.717) is 16.8 Å². The van der Waals surface area contributed by atoms with Crippen molar-refractivity contribution in [1.29, 1.82) is 0 Å². The van der Waals surface area contributed by atoms with Crippen LogP contribution < -0.4 is 11.1 Å². The van der Waals surface area contributed by atoms with Crippen LogP contribution in [0.3, 0.4) is 0 Å². The molecule has 0 radical (unpaired) electrons. The van der Waals surface area contributed by atoms with E-state index in [1.807, 2.05) is 0 Å². The van der Waals surface area contributed by atoms with Gasteiger partial charge in [0.2, 0.25) is 0 Å². The van der Waals surface area contributed by atoms with Gasteiger partial charge in [0.15, 0.2) is 12.1 Å². The molecule has 1 aromatic heterocycles. The summed E-state index contributed by atoms with van der Waals surface area (Å²) in [6.45, 7) is 0. The first kappa shape index (κ1) is 20.7. The number of benzene rings is 2. The molecule has 0 aliphatic rings. The van der Waals surface area contributed by atoms with Gasteiger partial charge < -0.3 is 20.5 Å². The Morgan fingerprint density at radius 3 is 2.45 bits per heavy atom. The zero-order valence-corrected chi connectivity index (χ0v) is 16.5. The molecular weight excluding hydrogens is 397 g/mol. The van der Waals surface area contributed by atoms with E-state index in [1.54, 1.807) is 42.5 Å². The molecule has 0 saturated heterocycles. The van der Waals surface area contributed by atoms with Crippen LogP contribution >= 0.6 is 11.6 Å². The van der Waals surface area contributed by atoms with E-state index in [-0.39, 0.29) is 22.0 Å². The molecule has 29 heavy (non-hydrogen) atoms. The smallest absolute Gasteiger partial charge is 0.274 e. The van der Waals surface area contributed by atoms with Gasteiger partial charge in [-0.15, -0.1) is 0 Å². The molecule has 3 N–H and O–H groups in total. The minimum absolute atomic E-state index is 0.0164. The Morgan fingerprint density at radius 2 is 1.79 bits per heavy atom. The van der Waals surface area contributed by atoms with Crippen molar-refractivity contribution >= 4 is 28.9 Å². The first-order chi connectivity index (χ1) is 14.0. The average Bonchev–Trinajstić information content (AvgIpc) is 2.73. The number of nitrogen functional groups attached to an aromatic ring is 1. The molecule has 0 spiro atoms. The van der Waals surface area contributed by atoms with E-state index in [1.165, 1.54) is 26.5 Å². The third-order valence-corrected chi connectivity index (χ3v) is 4.69. The van der Waals surface area contributed by atoms with Gasteiger partial charge in [0.1, 0.15) is 5.69 Å². The van der Waals surface area contributed by atoms with E-state index in [2.05, 4.69) is 10.3 Å². The lowest BCUT2D eigenvalue weighted by atomic mass is 10.0. The number of hydrogen-bond acceptors (Lipinski definition) is 5. The van der Waals surface area contributed by atoms with Gasteiger partial charge in [0.25, 0.3) is 5.91 Å². The average molecular weight is 416 g/mol. The number of ether oxygens (including phenoxy) is 2. The largest absolute Gasteiger partial charge is 0.396 e. The van der Waals surface area contributed by atoms with E-state index in [9.17, 15) is 9.18 Å². The van der Waals surface area contributed by atoms with Crippen LogP contribution in [0.2, 0.25) is 5.02 Å². The van der Waals surface area contributed by atoms with Gasteiger partial charge in [-0.25, -0.2) is 4.39 Å². The number of nitrogens with zero attached hydrogens (tertiary/aromatic N) is 1. The van der Waals surface area contributed by atoms with Crippen LogP contribution in [0.4, 0.5) is 15.8 Å². The number of pyridine rings is 1. The third-order valence-electron chi connectivity index (χ3n) is 4.28. The van der Waals surface area contributed by atoms with Crippen molar-refractivity contribution in [2.24, 2.45) is 0 Å². The van der Waals surface area contributed by atoms with Crippen LogP contribution in [-0.4, -0.2) is 25.1 Å². The fraction of sp³-hybridized carbons (Fsp3) is 0.143. The molecule has 0 atom stereocenters. The van der Waals surface area contributed by atoms with E-state index < -0.39 is 18.0 Å². The Hall–Kier alpha value is -3.00. The Labute approximate surface area is 172 Å². The number of nitrogens with two attached hydrogens (primary N) is 1. The summed E-state index contributed by atoms with van der Waals surface area (Å²) in [5.74, 6) is -1.03. The van der Waals surface area contributed by atoms with E-state index in [4.69, 9.17) is 26.8 Å². The van der Waals surface area contributed by atoms with Gasteiger partial charge in [-0.05, 0) is 18.2 Å². The molecule has 3 rings (SSSR count). The van der Waals surface area contributed by atoms with Crippen LogP contribution in [0, 0.1) is 5.82 Å². The molecule has 8 heteroatoms. The number of anilines is 2. The van der Waals surface area contributed by atoms with Crippen molar-refractivity contribution in [1.82, 2.24) is 4.98 Å². The number of methoxy groups -OCH3 is 2. The standard InChI is InChI=1S/C21H19ClFN3O3/c1-28-21(29-2)12-9-10-17(25-11-12)20(27)26-16-8-4-5-13(18(16)22)14-6-3-7-15(24)19(14)23/h3-11,21H,24H2,1-2H3,(H,26,27). The Kier molecular flexibility index (Phi) is 6.43. The second kappa shape index (κ2) is 9.00. The van der Waals surface area contributed by atoms with Crippen LogP contribution in [0.1, 0.15) is 22.3 Å². The number of nitrogens with one attached hydrogen (secondary N) is 1. The molecule has 0 aliphatic carbocycles. The monoisotopic (exact) mass is 415 g/mol. The van der Waals surface area contributed by atoms with Gasteiger partial charge >= 0.3 is 0 Å². The first-order valence-corrected chi connectivity index (χ1v) is 8.99. The molecular formula is C21H19ClFN3O3. The normalized spacial score (nSPS) is 10.9. The minimum Gasteiger partial charge on any atom is -0.396 e. The number of carbonyl (C=O) groups is 1. The molecule has 0 bridgehead atoms. The lowest BCUT2D eigenvalue weighted by Crippen LogP contribution is -2.15. The second-order valence-electron chi connectivity index (χ2n) is 6.11. The fourth-order valence-corrected chi connectivity index (χ4v) is 3.10. The molecule has 2 aromatic carbocycles. The summed E-state index contributed by atoms with van der Waals surface area (Å²) in [5, 5.41) is 2.89. The molecule has 0 aliphatic heterocycles. The highest BCUT2D eigenvalue weighted by atomic mass is 35.5. The lowest BCUT2D eigenvalue weighted by Gasteiger charge is -2.14. The van der Waals surface area contributed by atoms with Gasteiger partial charge in [0.05, 0.1) is 16.4 Å². The molecule has 1 amide bonds. The number of aromatic nitrogens is 1. The van der Waals surface area contributed by atoms with Crippen LogP contribution in [-0.2, 0) is 9.47 Å². The summed E-state index contributed by atoms with van der Waals surface area (Å²) in [6.07, 6.45) is 0.922. The molecule has 3 aromatic rings. The fourth-order valence-electron chi connectivity index (χ4n) is 2.83. The van der Waals surface area contributed by atoms with Crippen molar-refractivity contribution in [3.63, 3.8) is 0 Å². The predicted molar refractivity (Wildman–Crippen MR) is 110 cm³/mol. The highest BCUT2D eigenvalue weighted by molar-refractivity contribution is 6.36. The molecule has 1 heterocycles. The Balaban J connectivity index is 1.85. The molecule has 150 valence electrons. The third kappa shape index (κ3) is 4.37. The number of halogens is 2. The number of carbonyl (C=O) groups excluding carboxylic acids is 1. The number of amides is 1. The van der Waals surface area contributed by atoms with Crippen LogP contribution in [0.5, 0.6) is 0 Å². The van der Waals surface area contributed by atoms with Crippen molar-refractivity contribution in [2.45, 2.75) is 6.29 Å². The van der Waals surface area contributed by atoms with Crippen LogP contribution in [0.15, 0.2) is 54.7 Å². The number of hydrogen-bond donors (Lipinski definition) is 2. The van der Waals surface area contributed by atoms with Crippen molar-refractivity contribution < 1.29 is 18.7 Å². The predicted octanol–water partition coefficient (Wildman–Crippen LogP) is 4.67. The minimum atomic E-state index is -0.570. The molecule has 0 unspecified atom stereocenters. The van der Waals surface area contributed by atoms with E-state index >= 15 is 0 Å². The maximum absolute atomic E-state index is 14.4. The highest BCUT2D eigenvalue weighted by Gasteiger charge is 2.17. The zero-order valence-electron chi connectivity index (χ0n) is 15.8. The maximum Gasteiger partial charge on any atom is 0.274 e. The summed E-state index contributed by atoms with van der Waals surface area (Å²) in [7, 11) is 3.01. The van der Waals surface area contributed by atoms with Gasteiger partial charge in [-0.1, -0.05) is 41.9 Å². The zero-order chi connectivity index (χ0) is 21.0.